The fourth-order valence-corrected chi connectivity index (χ4v) is 9.44. The second kappa shape index (κ2) is 14.8. The number of piperidine rings is 2. The molecule has 2 N–H and O–H groups in total. The number of hydrogen-bond donors (Lipinski definition) is 2. The summed E-state index contributed by atoms with van der Waals surface area (Å²) in [6.45, 7) is 2.84. The van der Waals surface area contributed by atoms with Crippen molar-refractivity contribution in [1.29, 1.82) is 0 Å². The molecule has 0 radical (unpaired) electrons. The fraction of sp³-hybridized carbons (Fsp3) is 0.465. The zero-order chi connectivity index (χ0) is 39.5. The number of rotatable bonds is 10. The summed E-state index contributed by atoms with van der Waals surface area (Å²) < 4.78 is 9.98. The average molecular weight is 785 g/mol. The van der Waals surface area contributed by atoms with E-state index in [1.54, 1.807) is 27.9 Å². The predicted octanol–water partition coefficient (Wildman–Crippen LogP) is 4.97. The number of amides is 4. The molecule has 300 valence electrons. The summed E-state index contributed by atoms with van der Waals surface area (Å²) in [6.07, 6.45) is 16.4. The van der Waals surface area contributed by atoms with Crippen molar-refractivity contribution in [1.82, 2.24) is 39.5 Å². The first-order valence-electron chi connectivity index (χ1n) is 20.8. The SMILES string of the molecule is CN(C1CCC(n2cc3cc(NC(=O)c4cnn5cccnc45)c(OCC4CC4)cc3n2)CC1)C1CCN(c2ccc3c(c2)C(=O)N(C2CCC(=O)NC2=O)C3)CC1. The van der Waals surface area contributed by atoms with Crippen molar-refractivity contribution in [2.24, 2.45) is 5.92 Å². The molecule has 5 aromatic rings. The Balaban J connectivity index is 0.756. The van der Waals surface area contributed by atoms with Gasteiger partial charge in [0.2, 0.25) is 11.8 Å². The average Bonchev–Trinajstić information content (AvgIpc) is 3.67. The van der Waals surface area contributed by atoms with Crippen LogP contribution in [0.15, 0.2) is 61.2 Å². The molecule has 2 saturated carbocycles. The second-order valence-corrected chi connectivity index (χ2v) is 16.8. The van der Waals surface area contributed by atoms with E-state index in [-0.39, 0.29) is 30.0 Å². The number of carbonyl (C=O) groups is 4. The van der Waals surface area contributed by atoms with E-state index in [2.05, 4.69) is 54.5 Å². The monoisotopic (exact) mass is 784 g/mol. The first kappa shape index (κ1) is 36.5. The highest BCUT2D eigenvalue weighted by Gasteiger charge is 2.40. The molecule has 58 heavy (non-hydrogen) atoms. The highest BCUT2D eigenvalue weighted by molar-refractivity contribution is 6.09. The van der Waals surface area contributed by atoms with Gasteiger partial charge in [-0.3, -0.25) is 29.2 Å². The van der Waals surface area contributed by atoms with Gasteiger partial charge >= 0.3 is 0 Å². The number of nitrogens with zero attached hydrogens (tertiary/aromatic N) is 8. The summed E-state index contributed by atoms with van der Waals surface area (Å²) in [4.78, 5) is 62.0. The molecule has 15 nitrogen and oxygen atoms in total. The fourth-order valence-electron chi connectivity index (χ4n) is 9.44. The number of nitrogens with one attached hydrogen (secondary N) is 2. The first-order chi connectivity index (χ1) is 28.3. The molecule has 2 aliphatic carbocycles. The smallest absolute Gasteiger partial charge is 0.261 e. The molecule has 3 aliphatic heterocycles. The Morgan fingerprint density at radius 2 is 1.79 bits per heavy atom. The minimum absolute atomic E-state index is 0.130. The molecule has 3 aromatic heterocycles. The van der Waals surface area contributed by atoms with Crippen LogP contribution in [-0.2, 0) is 16.1 Å². The van der Waals surface area contributed by atoms with Crippen LogP contribution in [0.1, 0.15) is 96.5 Å². The number of aromatic nitrogens is 5. The van der Waals surface area contributed by atoms with Gasteiger partial charge in [-0.05, 0) is 101 Å². The minimum atomic E-state index is -0.602. The highest BCUT2D eigenvalue weighted by Crippen LogP contribution is 2.38. The number of ether oxygens (including phenoxy) is 1. The molecule has 10 rings (SSSR count). The predicted molar refractivity (Wildman–Crippen MR) is 216 cm³/mol. The van der Waals surface area contributed by atoms with Gasteiger partial charge in [-0.2, -0.15) is 10.2 Å². The Kier molecular flexibility index (Phi) is 9.34. The van der Waals surface area contributed by atoms with Crippen molar-refractivity contribution < 1.29 is 23.9 Å². The molecule has 0 spiro atoms. The number of carbonyl (C=O) groups excluding carboxylic acids is 4. The second-order valence-electron chi connectivity index (χ2n) is 16.8. The Bertz CT molecular complexity index is 2420. The molecule has 15 heteroatoms. The summed E-state index contributed by atoms with van der Waals surface area (Å²) in [5.41, 5.74) is 5.01. The third-order valence-corrected chi connectivity index (χ3v) is 13.1. The van der Waals surface area contributed by atoms with Crippen molar-refractivity contribution in [2.45, 2.75) is 94.9 Å². The lowest BCUT2D eigenvalue weighted by Crippen LogP contribution is -2.52. The molecule has 0 bridgehead atoms. The third-order valence-electron chi connectivity index (χ3n) is 13.1. The van der Waals surface area contributed by atoms with Gasteiger partial charge in [0.25, 0.3) is 11.8 Å². The maximum absolute atomic E-state index is 13.5. The lowest BCUT2D eigenvalue weighted by molar-refractivity contribution is -0.136. The Labute approximate surface area is 335 Å². The zero-order valence-corrected chi connectivity index (χ0v) is 32.7. The van der Waals surface area contributed by atoms with Gasteiger partial charge in [-0.25, -0.2) is 9.50 Å². The van der Waals surface area contributed by atoms with Crippen LogP contribution in [0.25, 0.3) is 16.6 Å². The number of fused-ring (bicyclic) bond motifs is 3. The van der Waals surface area contributed by atoms with Crippen LogP contribution >= 0.6 is 0 Å². The third kappa shape index (κ3) is 6.94. The molecule has 4 amide bonds. The van der Waals surface area contributed by atoms with Gasteiger partial charge < -0.3 is 24.8 Å². The summed E-state index contributed by atoms with van der Waals surface area (Å²) in [5, 5.41) is 15.7. The lowest BCUT2D eigenvalue weighted by Gasteiger charge is -2.43. The van der Waals surface area contributed by atoms with Gasteiger partial charge in [0.15, 0.2) is 5.65 Å². The minimum Gasteiger partial charge on any atom is -0.491 e. The van der Waals surface area contributed by atoms with Crippen LogP contribution in [-0.4, -0.2) is 103 Å². The Hall–Kier alpha value is -5.83. The van der Waals surface area contributed by atoms with Gasteiger partial charge in [0.05, 0.1) is 30.0 Å². The summed E-state index contributed by atoms with van der Waals surface area (Å²) in [5.74, 6) is 0.104. The Morgan fingerprint density at radius 3 is 2.59 bits per heavy atom. The summed E-state index contributed by atoms with van der Waals surface area (Å²) in [7, 11) is 2.28. The quantitative estimate of drug-likeness (QED) is 0.185. The van der Waals surface area contributed by atoms with Crippen molar-refractivity contribution in [3.8, 4) is 5.75 Å². The highest BCUT2D eigenvalue weighted by atomic mass is 16.5. The van der Waals surface area contributed by atoms with E-state index in [4.69, 9.17) is 9.84 Å². The zero-order valence-electron chi connectivity index (χ0n) is 32.7. The number of anilines is 2. The lowest BCUT2D eigenvalue weighted by atomic mass is 9.88. The van der Waals surface area contributed by atoms with E-state index in [1.807, 2.05) is 24.3 Å². The first-order valence-corrected chi connectivity index (χ1v) is 20.8. The Morgan fingerprint density at radius 1 is 0.983 bits per heavy atom. The standard InChI is InChI=1S/C43H48N10O5/c1-49(30-13-17-50(18-14-30)32-6-5-27-23-51(43(57)33(27)20-32)37-11-12-39(54)47-42(37)56)29-7-9-31(10-8-29)53-24-28-19-36(38(21-35(28)48-53)58-25-26-3-4-26)46-41(55)34-22-45-52-16-2-15-44-40(34)52/h2,5-6,15-16,19-22,24,26,29-31,37H,3-4,7-14,17-18,23,25H2,1H3,(H,46,55)(H,47,54,56). The number of imide groups is 1. The molecule has 4 fully saturated rings. The number of hydrogen-bond acceptors (Lipinski definition) is 10. The van der Waals surface area contributed by atoms with E-state index in [1.165, 1.54) is 6.20 Å². The number of benzene rings is 2. The maximum atomic E-state index is 13.5. The van der Waals surface area contributed by atoms with Gasteiger partial charge in [-0.15, -0.1) is 0 Å². The van der Waals surface area contributed by atoms with E-state index in [0.717, 1.165) is 86.6 Å². The molecular formula is C43H48N10O5. The topological polar surface area (TPSA) is 159 Å². The van der Waals surface area contributed by atoms with Crippen molar-refractivity contribution >= 4 is 51.6 Å². The molecular weight excluding hydrogens is 737 g/mol. The van der Waals surface area contributed by atoms with Crippen molar-refractivity contribution in [3.05, 3.63) is 77.9 Å². The van der Waals surface area contributed by atoms with Crippen LogP contribution in [0.3, 0.4) is 0 Å². The van der Waals surface area contributed by atoms with E-state index in [9.17, 15) is 19.2 Å². The van der Waals surface area contributed by atoms with E-state index in [0.29, 0.717) is 71.8 Å². The van der Waals surface area contributed by atoms with Crippen LogP contribution in [0.4, 0.5) is 11.4 Å². The maximum Gasteiger partial charge on any atom is 0.261 e. The summed E-state index contributed by atoms with van der Waals surface area (Å²) in [6, 6.07) is 12.5. The van der Waals surface area contributed by atoms with Crippen LogP contribution in [0.5, 0.6) is 5.75 Å². The molecule has 1 atom stereocenters. The van der Waals surface area contributed by atoms with Crippen LogP contribution in [0.2, 0.25) is 0 Å². The van der Waals surface area contributed by atoms with Gasteiger partial charge in [0, 0.05) is 79.4 Å². The summed E-state index contributed by atoms with van der Waals surface area (Å²) >= 11 is 0. The van der Waals surface area contributed by atoms with Crippen LogP contribution in [0, 0.1) is 5.92 Å². The van der Waals surface area contributed by atoms with Crippen molar-refractivity contribution in [3.63, 3.8) is 0 Å². The van der Waals surface area contributed by atoms with Gasteiger partial charge in [0.1, 0.15) is 17.4 Å². The molecule has 1 unspecified atom stereocenters. The molecule has 2 aromatic carbocycles. The molecule has 5 aliphatic rings. The normalized spacial score (nSPS) is 22.9. The van der Waals surface area contributed by atoms with Crippen LogP contribution < -0.4 is 20.3 Å². The molecule has 2 saturated heterocycles. The van der Waals surface area contributed by atoms with E-state index < -0.39 is 6.04 Å². The molecule has 6 heterocycles. The largest absolute Gasteiger partial charge is 0.491 e. The van der Waals surface area contributed by atoms with Gasteiger partial charge in [-0.1, -0.05) is 6.07 Å². The van der Waals surface area contributed by atoms with Crippen molar-refractivity contribution in [2.75, 3.05) is 37.0 Å². The van der Waals surface area contributed by atoms with E-state index >= 15 is 0 Å².